The number of hydrogen-bond donors (Lipinski definition) is 9. The molecule has 1 saturated carbocycles. The van der Waals surface area contributed by atoms with E-state index in [4.69, 9.17) is 36.1 Å². The number of nitrogens with one attached hydrogen (secondary N) is 3. The summed E-state index contributed by atoms with van der Waals surface area (Å²) in [7, 11) is 1.63. The number of aliphatic hydroxyl groups excluding tert-OH is 2. The molecule has 0 unspecified atom stereocenters. The zero-order valence-corrected chi connectivity index (χ0v) is 22.6. The maximum atomic E-state index is 11.8. The maximum absolute atomic E-state index is 11.8. The van der Waals surface area contributed by atoms with Crippen molar-refractivity contribution in [2.24, 2.45) is 17.2 Å². The fourth-order valence-corrected chi connectivity index (χ4v) is 5.17. The predicted molar refractivity (Wildman–Crippen MR) is 137 cm³/mol. The molecule has 0 aromatic carbocycles. The minimum Gasteiger partial charge on any atom is -0.466 e. The Morgan fingerprint density at radius 3 is 2.53 bits per heavy atom. The predicted octanol–water partition coefficient (Wildman–Crippen LogP) is -3.70. The first kappa shape index (κ1) is 31.1. The van der Waals surface area contributed by atoms with Crippen LogP contribution in [-0.4, -0.2) is 121 Å². The molecule has 2 heterocycles. The van der Waals surface area contributed by atoms with Crippen molar-refractivity contribution >= 4 is 5.91 Å². The average molecular weight is 547 g/mol. The molecule has 3 aliphatic rings. The van der Waals surface area contributed by atoms with E-state index in [0.717, 1.165) is 0 Å². The van der Waals surface area contributed by atoms with E-state index in [9.17, 15) is 20.1 Å². The fourth-order valence-electron chi connectivity index (χ4n) is 5.17. The normalized spacial score (nSPS) is 42.6. The van der Waals surface area contributed by atoms with Crippen LogP contribution in [-0.2, 0) is 23.7 Å². The van der Waals surface area contributed by atoms with Crippen LogP contribution in [0.3, 0.4) is 0 Å². The molecular weight excluding hydrogens is 500 g/mol. The summed E-state index contributed by atoms with van der Waals surface area (Å²) >= 11 is 0. The van der Waals surface area contributed by atoms with Crippen LogP contribution in [0.2, 0.25) is 0 Å². The van der Waals surface area contributed by atoms with Gasteiger partial charge in [0.05, 0.1) is 31.3 Å². The van der Waals surface area contributed by atoms with E-state index in [0.29, 0.717) is 25.1 Å². The molecular formula is C24H46N6O8. The molecule has 0 bridgehead atoms. The second-order valence-electron chi connectivity index (χ2n) is 10.6. The van der Waals surface area contributed by atoms with Gasteiger partial charge in [0.25, 0.3) is 0 Å². The summed E-state index contributed by atoms with van der Waals surface area (Å²) in [5.41, 5.74) is 16.9. The molecule has 1 saturated heterocycles. The zero-order chi connectivity index (χ0) is 28.2. The molecule has 0 spiro atoms. The van der Waals surface area contributed by atoms with Crippen molar-refractivity contribution in [3.05, 3.63) is 11.8 Å². The van der Waals surface area contributed by atoms with Crippen LogP contribution < -0.4 is 33.2 Å². The largest absolute Gasteiger partial charge is 0.466 e. The Morgan fingerprint density at radius 2 is 1.89 bits per heavy atom. The van der Waals surface area contributed by atoms with E-state index in [2.05, 4.69) is 16.0 Å². The van der Waals surface area contributed by atoms with Crippen LogP contribution in [0.25, 0.3) is 0 Å². The molecule has 2 fully saturated rings. The van der Waals surface area contributed by atoms with Crippen molar-refractivity contribution in [2.75, 3.05) is 26.7 Å². The first-order valence-electron chi connectivity index (χ1n) is 13.2. The third-order valence-electron chi connectivity index (χ3n) is 7.29. The summed E-state index contributed by atoms with van der Waals surface area (Å²) in [6, 6.07) is -2.85. The Balaban J connectivity index is 1.70. The fraction of sp³-hybridized carbons (Fsp3) is 0.875. The summed E-state index contributed by atoms with van der Waals surface area (Å²) < 4.78 is 23.8. The molecule has 3 rings (SSSR count). The van der Waals surface area contributed by atoms with Gasteiger partial charge in [-0.1, -0.05) is 6.92 Å². The third kappa shape index (κ3) is 7.20. The number of aliphatic hydroxyl groups is 3. The highest BCUT2D eigenvalue weighted by Gasteiger charge is 2.51. The Morgan fingerprint density at radius 1 is 1.21 bits per heavy atom. The van der Waals surface area contributed by atoms with Crippen LogP contribution in [0.15, 0.2) is 11.8 Å². The quantitative estimate of drug-likeness (QED) is 0.129. The molecule has 14 nitrogen and oxygen atoms in total. The lowest BCUT2D eigenvalue weighted by Crippen LogP contribution is -2.69. The molecule has 220 valence electrons. The van der Waals surface area contributed by atoms with E-state index in [1.54, 1.807) is 27.0 Å². The van der Waals surface area contributed by atoms with Gasteiger partial charge in [0.2, 0.25) is 12.2 Å². The lowest BCUT2D eigenvalue weighted by atomic mass is 9.83. The van der Waals surface area contributed by atoms with Gasteiger partial charge in [0.1, 0.15) is 35.8 Å². The highest BCUT2D eigenvalue weighted by Crippen LogP contribution is 2.32. The van der Waals surface area contributed by atoms with Crippen molar-refractivity contribution < 1.29 is 39.1 Å². The van der Waals surface area contributed by atoms with Crippen molar-refractivity contribution in [1.82, 2.24) is 16.0 Å². The third-order valence-corrected chi connectivity index (χ3v) is 7.29. The van der Waals surface area contributed by atoms with Gasteiger partial charge in [-0.2, -0.15) is 0 Å². The summed E-state index contributed by atoms with van der Waals surface area (Å²) in [5, 5.41) is 41.7. The van der Waals surface area contributed by atoms with Gasteiger partial charge in [-0.3, -0.25) is 4.79 Å². The van der Waals surface area contributed by atoms with E-state index in [-0.39, 0.29) is 25.1 Å². The Bertz CT molecular complexity index is 817. The molecule has 14 heteroatoms. The molecule has 0 radical (unpaired) electrons. The van der Waals surface area contributed by atoms with E-state index < -0.39 is 66.8 Å². The van der Waals surface area contributed by atoms with Gasteiger partial charge in [0, 0.05) is 12.1 Å². The van der Waals surface area contributed by atoms with Crippen LogP contribution in [0.4, 0.5) is 0 Å². The van der Waals surface area contributed by atoms with Crippen molar-refractivity contribution in [3.63, 3.8) is 0 Å². The molecule has 2 aliphatic heterocycles. The molecule has 38 heavy (non-hydrogen) atoms. The lowest BCUT2D eigenvalue weighted by Gasteiger charge is -2.49. The zero-order valence-electron chi connectivity index (χ0n) is 22.6. The van der Waals surface area contributed by atoms with Crippen molar-refractivity contribution in [3.8, 4) is 0 Å². The monoisotopic (exact) mass is 546 g/mol. The summed E-state index contributed by atoms with van der Waals surface area (Å²) in [5.74, 6) is 0.141. The number of amides is 1. The van der Waals surface area contributed by atoms with Gasteiger partial charge in [-0.15, -0.1) is 0 Å². The van der Waals surface area contributed by atoms with Crippen LogP contribution in [0.1, 0.15) is 33.6 Å². The van der Waals surface area contributed by atoms with Crippen molar-refractivity contribution in [1.29, 1.82) is 0 Å². The number of rotatable bonds is 10. The van der Waals surface area contributed by atoms with E-state index in [1.165, 1.54) is 0 Å². The number of carbonyl (C=O) groups excluding carboxylic acids is 1. The minimum absolute atomic E-state index is 0.0757. The van der Waals surface area contributed by atoms with Gasteiger partial charge in [-0.05, 0) is 46.4 Å². The van der Waals surface area contributed by atoms with Gasteiger partial charge in [0.15, 0.2) is 6.29 Å². The smallest absolute Gasteiger partial charge is 0.237 e. The Kier molecular flexibility index (Phi) is 10.9. The second-order valence-corrected chi connectivity index (χ2v) is 10.6. The number of ether oxygens (including phenoxy) is 4. The number of hydrogen-bond acceptors (Lipinski definition) is 13. The number of likely N-dealkylation sites (N-methyl/N-ethyl adjacent to an activating group) is 2. The molecule has 1 amide bonds. The Labute approximate surface area is 223 Å². The van der Waals surface area contributed by atoms with Gasteiger partial charge >= 0.3 is 0 Å². The molecule has 1 aliphatic carbocycles. The summed E-state index contributed by atoms with van der Waals surface area (Å²) in [6.07, 6.45) is -3.65. The average Bonchev–Trinajstić information content (AvgIpc) is 2.85. The molecule has 0 aromatic heterocycles. The molecule has 0 aromatic rings. The van der Waals surface area contributed by atoms with Crippen LogP contribution >= 0.6 is 0 Å². The summed E-state index contributed by atoms with van der Waals surface area (Å²) in [4.78, 5) is 11.8. The first-order valence-corrected chi connectivity index (χ1v) is 13.2. The van der Waals surface area contributed by atoms with Crippen LogP contribution in [0, 0.1) is 0 Å². The lowest BCUT2D eigenvalue weighted by molar-refractivity contribution is -0.304. The minimum atomic E-state index is -1.31. The molecule has 12 N–H and O–H groups in total. The Hall–Kier alpha value is -1.43. The second kappa shape index (κ2) is 13.3. The van der Waals surface area contributed by atoms with E-state index in [1.807, 2.05) is 6.92 Å². The highest BCUT2D eigenvalue weighted by molar-refractivity contribution is 5.81. The van der Waals surface area contributed by atoms with Crippen LogP contribution in [0.5, 0.6) is 0 Å². The highest BCUT2D eigenvalue weighted by atomic mass is 16.7. The van der Waals surface area contributed by atoms with Gasteiger partial charge in [-0.25, -0.2) is 0 Å². The number of nitrogens with two attached hydrogens (primary N) is 3. The topological polar surface area (TPSA) is 229 Å². The molecule has 12 atom stereocenters. The van der Waals surface area contributed by atoms with Gasteiger partial charge < -0.3 is 67.4 Å². The number of carbonyl (C=O) groups is 1. The SMILES string of the molecule is CCN[C@@H]1C[C@H](N)[C@@H](O[C@H]2OC(CNC(=O)[C@H](C)N)=CC[C@H]2N)[C@H](O)[C@H]1O[C@H]1OC[C@](C)(O)[C@H](NC)[C@H]1O. The maximum Gasteiger partial charge on any atom is 0.237 e. The first-order chi connectivity index (χ1) is 17.9. The van der Waals surface area contributed by atoms with Crippen molar-refractivity contribution in [2.45, 2.75) is 106 Å². The standard InChI is InChI=1S/C24H46N6O8/c1-5-29-15-8-14(27)18(37-22-13(26)7-6-12(36-22)9-30-21(33)11(2)25)16(31)19(15)38-23-17(32)20(28-4)24(3,34)10-35-23/h6,11,13-20,22-23,28-29,31-32,34H,5,7-10,25-27H2,1-4H3,(H,30,33)/t11-,13+,14-,15+,16-,17+,18+,19-,20+,22+,23+,24-/m0/s1. The van der Waals surface area contributed by atoms with E-state index >= 15 is 0 Å². The summed E-state index contributed by atoms with van der Waals surface area (Å²) in [6.45, 7) is 5.70.